The highest BCUT2D eigenvalue weighted by molar-refractivity contribution is 7.95. The molecule has 158 valence electrons. The van der Waals surface area contributed by atoms with E-state index in [0.717, 1.165) is 0 Å². The fourth-order valence-corrected chi connectivity index (χ4v) is 5.31. The summed E-state index contributed by atoms with van der Waals surface area (Å²) in [7, 11) is -2.65. The predicted octanol–water partition coefficient (Wildman–Crippen LogP) is 4.68. The molecule has 1 atom stereocenters. The number of anilines is 1. The SMILES string of the molecule is COc1ccc(C2C(S(=O)(=O)c3ccccc3)=C(O)C(=O)N2c2ccc(Cl)cc2)cc1. The molecule has 1 heterocycles. The van der Waals surface area contributed by atoms with Gasteiger partial charge in [-0.15, -0.1) is 0 Å². The summed E-state index contributed by atoms with van der Waals surface area (Å²) in [5.74, 6) is -1.04. The number of ether oxygens (including phenoxy) is 1. The molecule has 0 spiro atoms. The first-order chi connectivity index (χ1) is 14.8. The smallest absolute Gasteiger partial charge is 0.295 e. The van der Waals surface area contributed by atoms with Crippen LogP contribution in [0.5, 0.6) is 5.75 Å². The maximum absolute atomic E-state index is 13.5. The number of methoxy groups -OCH3 is 1. The first-order valence-electron chi connectivity index (χ1n) is 9.31. The van der Waals surface area contributed by atoms with Gasteiger partial charge < -0.3 is 9.84 Å². The molecule has 1 N–H and O–H groups in total. The monoisotopic (exact) mass is 455 g/mol. The first-order valence-corrected chi connectivity index (χ1v) is 11.2. The van der Waals surface area contributed by atoms with Gasteiger partial charge in [-0.05, 0) is 54.1 Å². The number of hydrogen-bond donors (Lipinski definition) is 1. The lowest BCUT2D eigenvalue weighted by Crippen LogP contribution is -2.31. The van der Waals surface area contributed by atoms with Gasteiger partial charge in [0.15, 0.2) is 5.76 Å². The average Bonchev–Trinajstić information content (AvgIpc) is 3.06. The van der Waals surface area contributed by atoms with Crippen molar-refractivity contribution in [3.8, 4) is 5.75 Å². The van der Waals surface area contributed by atoms with E-state index in [2.05, 4.69) is 0 Å². The second-order valence-electron chi connectivity index (χ2n) is 6.86. The molecular formula is C23H18ClNO5S. The summed E-state index contributed by atoms with van der Waals surface area (Å²) in [6.45, 7) is 0. The van der Waals surface area contributed by atoms with Crippen LogP contribution in [0, 0.1) is 0 Å². The first kappa shape index (κ1) is 21.0. The number of aliphatic hydroxyl groups is 1. The molecule has 6 nitrogen and oxygen atoms in total. The lowest BCUT2D eigenvalue weighted by Gasteiger charge is -2.27. The number of carbonyl (C=O) groups excluding carboxylic acids is 1. The third-order valence-corrected chi connectivity index (χ3v) is 7.18. The molecule has 0 saturated heterocycles. The molecule has 1 aliphatic heterocycles. The Bertz CT molecular complexity index is 1250. The van der Waals surface area contributed by atoms with Crippen LogP contribution in [0.1, 0.15) is 11.6 Å². The quantitative estimate of drug-likeness (QED) is 0.603. The molecule has 0 saturated carbocycles. The van der Waals surface area contributed by atoms with Gasteiger partial charge in [-0.1, -0.05) is 41.9 Å². The van der Waals surface area contributed by atoms with Crippen LogP contribution in [0.25, 0.3) is 0 Å². The molecule has 0 bridgehead atoms. The van der Waals surface area contributed by atoms with Crippen molar-refractivity contribution >= 4 is 33.0 Å². The number of nitrogens with zero attached hydrogens (tertiary/aromatic N) is 1. The van der Waals surface area contributed by atoms with Crippen LogP contribution in [-0.4, -0.2) is 26.5 Å². The van der Waals surface area contributed by atoms with E-state index in [-0.39, 0.29) is 9.80 Å². The van der Waals surface area contributed by atoms with Crippen LogP contribution in [0.15, 0.2) is 94.4 Å². The molecule has 31 heavy (non-hydrogen) atoms. The summed E-state index contributed by atoms with van der Waals surface area (Å²) < 4.78 is 32.2. The number of benzene rings is 3. The number of carbonyl (C=O) groups is 1. The van der Waals surface area contributed by atoms with E-state index in [0.29, 0.717) is 22.0 Å². The third-order valence-electron chi connectivity index (χ3n) is 5.04. The van der Waals surface area contributed by atoms with Gasteiger partial charge in [0.1, 0.15) is 16.7 Å². The van der Waals surface area contributed by atoms with Crippen molar-refractivity contribution in [1.82, 2.24) is 0 Å². The Morgan fingerprint density at radius 1 is 0.935 bits per heavy atom. The van der Waals surface area contributed by atoms with E-state index < -0.39 is 27.5 Å². The van der Waals surface area contributed by atoms with Gasteiger partial charge in [-0.2, -0.15) is 0 Å². The zero-order valence-electron chi connectivity index (χ0n) is 16.4. The molecule has 3 aromatic carbocycles. The summed E-state index contributed by atoms with van der Waals surface area (Å²) in [5, 5.41) is 11.2. The van der Waals surface area contributed by atoms with Crippen molar-refractivity contribution < 1.29 is 23.1 Å². The number of aliphatic hydroxyl groups excluding tert-OH is 1. The van der Waals surface area contributed by atoms with Crippen molar-refractivity contribution in [1.29, 1.82) is 0 Å². The highest BCUT2D eigenvalue weighted by Gasteiger charge is 2.47. The molecule has 0 aliphatic carbocycles. The molecule has 1 amide bonds. The van der Waals surface area contributed by atoms with Crippen molar-refractivity contribution in [2.45, 2.75) is 10.9 Å². The Hall–Kier alpha value is -3.29. The van der Waals surface area contributed by atoms with Gasteiger partial charge in [0, 0.05) is 10.7 Å². The largest absolute Gasteiger partial charge is 0.502 e. The van der Waals surface area contributed by atoms with Gasteiger partial charge in [0.25, 0.3) is 5.91 Å². The minimum absolute atomic E-state index is 0.0131. The molecule has 0 fully saturated rings. The van der Waals surface area contributed by atoms with E-state index in [1.165, 1.54) is 24.1 Å². The fraction of sp³-hybridized carbons (Fsp3) is 0.0870. The van der Waals surface area contributed by atoms with Crippen LogP contribution in [0.2, 0.25) is 5.02 Å². The van der Waals surface area contributed by atoms with Crippen molar-refractivity contribution in [3.63, 3.8) is 0 Å². The van der Waals surface area contributed by atoms with Crippen LogP contribution in [-0.2, 0) is 14.6 Å². The Morgan fingerprint density at radius 2 is 1.55 bits per heavy atom. The van der Waals surface area contributed by atoms with Gasteiger partial charge in [0.05, 0.1) is 12.0 Å². The molecule has 4 rings (SSSR count). The Morgan fingerprint density at radius 3 is 2.13 bits per heavy atom. The maximum Gasteiger partial charge on any atom is 0.295 e. The molecule has 0 radical (unpaired) electrons. The van der Waals surface area contributed by atoms with E-state index in [1.54, 1.807) is 66.7 Å². The lowest BCUT2D eigenvalue weighted by atomic mass is 10.1. The Balaban J connectivity index is 1.93. The summed E-state index contributed by atoms with van der Waals surface area (Å²) in [4.78, 5) is 14.0. The van der Waals surface area contributed by atoms with Crippen molar-refractivity contribution in [3.05, 3.63) is 100 Å². The van der Waals surface area contributed by atoms with Crippen LogP contribution >= 0.6 is 11.6 Å². The Kier molecular flexibility index (Phi) is 5.47. The number of sulfone groups is 1. The summed E-state index contributed by atoms with van der Waals surface area (Å²) in [6, 6.07) is 19.7. The number of hydrogen-bond acceptors (Lipinski definition) is 5. The van der Waals surface area contributed by atoms with E-state index in [1.807, 2.05) is 0 Å². The van der Waals surface area contributed by atoms with Crippen molar-refractivity contribution in [2.24, 2.45) is 0 Å². The Labute approximate surface area is 184 Å². The normalized spacial score (nSPS) is 16.6. The second-order valence-corrected chi connectivity index (χ2v) is 9.21. The highest BCUT2D eigenvalue weighted by atomic mass is 35.5. The van der Waals surface area contributed by atoms with Crippen molar-refractivity contribution in [2.75, 3.05) is 12.0 Å². The van der Waals surface area contributed by atoms with Gasteiger partial charge in [0.2, 0.25) is 9.84 Å². The van der Waals surface area contributed by atoms with E-state index in [4.69, 9.17) is 16.3 Å². The number of rotatable bonds is 5. The van der Waals surface area contributed by atoms with Gasteiger partial charge in [-0.3, -0.25) is 9.69 Å². The predicted molar refractivity (Wildman–Crippen MR) is 118 cm³/mol. The summed E-state index contributed by atoms with van der Waals surface area (Å²) in [6.07, 6.45) is 0. The third kappa shape index (κ3) is 3.66. The van der Waals surface area contributed by atoms with E-state index >= 15 is 0 Å². The summed E-state index contributed by atoms with van der Waals surface area (Å²) in [5.41, 5.74) is 0.905. The number of halogens is 1. The van der Waals surface area contributed by atoms with Gasteiger partial charge >= 0.3 is 0 Å². The zero-order valence-corrected chi connectivity index (χ0v) is 18.0. The van der Waals surface area contributed by atoms with Crippen LogP contribution in [0.4, 0.5) is 5.69 Å². The standard InChI is InChI=1S/C23H18ClNO5S/c1-30-18-13-7-15(8-14-18)20-22(31(28,29)19-5-3-2-4-6-19)21(26)23(27)25(20)17-11-9-16(24)10-12-17/h2-14,20,26H,1H3. The lowest BCUT2D eigenvalue weighted by molar-refractivity contribution is -0.117. The molecule has 8 heteroatoms. The second kappa shape index (κ2) is 8.09. The average molecular weight is 456 g/mol. The van der Waals surface area contributed by atoms with Gasteiger partial charge in [-0.25, -0.2) is 8.42 Å². The molecule has 3 aromatic rings. The maximum atomic E-state index is 13.5. The molecular weight excluding hydrogens is 438 g/mol. The highest BCUT2D eigenvalue weighted by Crippen LogP contribution is 2.45. The van der Waals surface area contributed by atoms with Crippen LogP contribution < -0.4 is 9.64 Å². The number of amides is 1. The molecule has 0 aromatic heterocycles. The summed E-state index contributed by atoms with van der Waals surface area (Å²) >= 11 is 5.98. The minimum atomic E-state index is -4.17. The molecule has 1 aliphatic rings. The topological polar surface area (TPSA) is 83.9 Å². The minimum Gasteiger partial charge on any atom is -0.502 e. The zero-order chi connectivity index (χ0) is 22.2. The fourth-order valence-electron chi connectivity index (χ4n) is 3.54. The molecule has 1 unspecified atom stereocenters. The van der Waals surface area contributed by atoms with Crippen LogP contribution in [0.3, 0.4) is 0 Å². The van der Waals surface area contributed by atoms with E-state index in [9.17, 15) is 18.3 Å².